The van der Waals surface area contributed by atoms with Crippen molar-refractivity contribution in [2.45, 2.75) is 5.92 Å². The van der Waals surface area contributed by atoms with Crippen LogP contribution in [0.3, 0.4) is 0 Å². The van der Waals surface area contributed by atoms with E-state index in [2.05, 4.69) is 6.07 Å². The van der Waals surface area contributed by atoms with Crippen LogP contribution >= 0.6 is 0 Å². The van der Waals surface area contributed by atoms with Gasteiger partial charge in [-0.1, -0.05) is 42.5 Å². The Bertz CT molecular complexity index is 1460. The molecule has 6 nitrogen and oxygen atoms in total. The number of hydrogen-bond acceptors (Lipinski definition) is 5. The first-order chi connectivity index (χ1) is 15.6. The van der Waals surface area contributed by atoms with Crippen molar-refractivity contribution < 1.29 is 9.47 Å². The van der Waals surface area contributed by atoms with Gasteiger partial charge in [0.2, 0.25) is 5.88 Å². The number of methoxy groups -OCH3 is 1. The van der Waals surface area contributed by atoms with Gasteiger partial charge in [0.25, 0.3) is 5.56 Å². The third-order valence-corrected chi connectivity index (χ3v) is 5.71. The van der Waals surface area contributed by atoms with Gasteiger partial charge < -0.3 is 15.2 Å². The molecule has 0 amide bonds. The predicted molar refractivity (Wildman–Crippen MR) is 122 cm³/mol. The molecule has 0 bridgehead atoms. The molecule has 2 N–H and O–H groups in total. The molecule has 0 spiro atoms. The van der Waals surface area contributed by atoms with E-state index in [1.807, 2.05) is 66.7 Å². The van der Waals surface area contributed by atoms with E-state index >= 15 is 0 Å². The van der Waals surface area contributed by atoms with E-state index in [1.165, 1.54) is 0 Å². The highest BCUT2D eigenvalue weighted by Crippen LogP contribution is 2.44. The molecular weight excluding hydrogens is 402 g/mol. The molecule has 0 saturated carbocycles. The van der Waals surface area contributed by atoms with Gasteiger partial charge in [0.15, 0.2) is 0 Å². The minimum atomic E-state index is -0.665. The Morgan fingerprint density at radius 1 is 1.00 bits per heavy atom. The quantitative estimate of drug-likeness (QED) is 0.535. The summed E-state index contributed by atoms with van der Waals surface area (Å²) < 4.78 is 12.8. The molecule has 1 atom stereocenters. The molecule has 1 unspecified atom stereocenters. The van der Waals surface area contributed by atoms with Crippen LogP contribution < -0.4 is 20.8 Å². The number of fused-ring (bicyclic) bond motifs is 3. The van der Waals surface area contributed by atoms with Gasteiger partial charge in [0.1, 0.15) is 23.1 Å². The number of nitrogens with two attached hydrogens (primary N) is 1. The third-order valence-electron chi connectivity index (χ3n) is 5.71. The lowest BCUT2D eigenvalue weighted by Gasteiger charge is -2.28. The van der Waals surface area contributed by atoms with E-state index in [1.54, 1.807) is 23.8 Å². The molecule has 0 saturated heterocycles. The van der Waals surface area contributed by atoms with Crippen molar-refractivity contribution >= 4 is 10.9 Å². The Hall–Kier alpha value is -4.50. The van der Waals surface area contributed by atoms with Crippen LogP contribution in [0.1, 0.15) is 17.0 Å². The van der Waals surface area contributed by atoms with Gasteiger partial charge in [0.05, 0.1) is 24.1 Å². The van der Waals surface area contributed by atoms with Crippen LogP contribution in [0.5, 0.6) is 11.5 Å². The van der Waals surface area contributed by atoms with Gasteiger partial charge in [-0.2, -0.15) is 5.26 Å². The highest BCUT2D eigenvalue weighted by molar-refractivity contribution is 5.89. The number of aromatic nitrogens is 1. The number of rotatable bonds is 3. The van der Waals surface area contributed by atoms with E-state index in [4.69, 9.17) is 15.2 Å². The second kappa shape index (κ2) is 7.64. The number of allylic oxidation sites excluding steroid dienone is 1. The van der Waals surface area contributed by atoms with Crippen molar-refractivity contribution in [3.05, 3.63) is 112 Å². The lowest BCUT2D eigenvalue weighted by molar-refractivity contribution is 0.396. The first kappa shape index (κ1) is 19.5. The summed E-state index contributed by atoms with van der Waals surface area (Å²) in [5.74, 6) is 0.399. The van der Waals surface area contributed by atoms with Crippen molar-refractivity contribution in [2.75, 3.05) is 7.11 Å². The number of para-hydroxylation sites is 2. The maximum atomic E-state index is 14.0. The summed E-state index contributed by atoms with van der Waals surface area (Å²) in [6.07, 6.45) is 0. The molecule has 6 heteroatoms. The van der Waals surface area contributed by atoms with Gasteiger partial charge >= 0.3 is 0 Å². The minimum absolute atomic E-state index is 0.00262. The maximum Gasteiger partial charge on any atom is 0.263 e. The largest absolute Gasteiger partial charge is 0.497 e. The van der Waals surface area contributed by atoms with E-state index in [0.717, 1.165) is 16.6 Å². The lowest BCUT2D eigenvalue weighted by atomic mass is 9.83. The van der Waals surface area contributed by atoms with Gasteiger partial charge in [-0.15, -0.1) is 0 Å². The molecule has 1 aliphatic heterocycles. The standard InChI is InChI=1S/C26H19N3O3/c1-31-18-13-11-16(12-14-18)22-20(15-27)25(28)32-24-19-9-5-6-10-21(19)29(26(30)23(22)24)17-7-3-2-4-8-17/h2-14,22H,28H2,1H3. The van der Waals surface area contributed by atoms with Crippen LogP contribution in [-0.4, -0.2) is 11.7 Å². The van der Waals surface area contributed by atoms with E-state index in [9.17, 15) is 10.1 Å². The van der Waals surface area contributed by atoms with Crippen LogP contribution in [0.4, 0.5) is 0 Å². The van der Waals surface area contributed by atoms with E-state index < -0.39 is 5.92 Å². The third kappa shape index (κ3) is 2.91. The smallest absolute Gasteiger partial charge is 0.263 e. The second-order valence-corrected chi connectivity index (χ2v) is 7.43. The topological polar surface area (TPSA) is 90.3 Å². The zero-order valence-electron chi connectivity index (χ0n) is 17.3. The molecular formula is C26H19N3O3. The van der Waals surface area contributed by atoms with Crippen LogP contribution in [0.2, 0.25) is 0 Å². The molecule has 1 aliphatic rings. The summed E-state index contributed by atoms with van der Waals surface area (Å²) in [7, 11) is 1.59. The lowest BCUT2D eigenvalue weighted by Crippen LogP contribution is -2.31. The molecule has 2 heterocycles. The molecule has 0 aliphatic carbocycles. The Kier molecular flexibility index (Phi) is 4.65. The SMILES string of the molecule is COc1ccc(C2C(C#N)=C(N)Oc3c2c(=O)n(-c2ccccc2)c2ccccc32)cc1. The summed E-state index contributed by atoms with van der Waals surface area (Å²) >= 11 is 0. The minimum Gasteiger partial charge on any atom is -0.497 e. The van der Waals surface area contributed by atoms with E-state index in [-0.39, 0.29) is 17.0 Å². The molecule has 1 aromatic heterocycles. The summed E-state index contributed by atoms with van der Waals surface area (Å²) in [5, 5.41) is 10.6. The van der Waals surface area contributed by atoms with Crippen molar-refractivity contribution in [3.63, 3.8) is 0 Å². The highest BCUT2D eigenvalue weighted by atomic mass is 16.5. The number of benzene rings is 3. The van der Waals surface area contributed by atoms with Gasteiger partial charge in [0, 0.05) is 11.1 Å². The average Bonchev–Trinajstić information content (AvgIpc) is 2.84. The van der Waals surface area contributed by atoms with E-state index in [0.29, 0.717) is 22.6 Å². The summed E-state index contributed by atoms with van der Waals surface area (Å²) in [5.41, 5.74) is 8.68. The Balaban J connectivity index is 1.89. The fourth-order valence-corrected chi connectivity index (χ4v) is 4.23. The maximum absolute atomic E-state index is 14.0. The molecule has 4 aromatic rings. The summed E-state index contributed by atoms with van der Waals surface area (Å²) in [4.78, 5) is 14.0. The molecule has 3 aromatic carbocycles. The molecule has 32 heavy (non-hydrogen) atoms. The van der Waals surface area contributed by atoms with Crippen molar-refractivity contribution in [2.24, 2.45) is 5.73 Å². The number of nitriles is 1. The Morgan fingerprint density at radius 3 is 2.38 bits per heavy atom. The zero-order chi connectivity index (χ0) is 22.2. The summed E-state index contributed by atoms with van der Waals surface area (Å²) in [6.45, 7) is 0. The summed E-state index contributed by atoms with van der Waals surface area (Å²) in [6, 6.07) is 26.4. The first-order valence-corrected chi connectivity index (χ1v) is 10.1. The first-order valence-electron chi connectivity index (χ1n) is 10.1. The van der Waals surface area contributed by atoms with Gasteiger partial charge in [-0.3, -0.25) is 9.36 Å². The monoisotopic (exact) mass is 421 g/mol. The predicted octanol–water partition coefficient (Wildman–Crippen LogP) is 4.22. The fraction of sp³-hybridized carbons (Fsp3) is 0.0769. The fourth-order valence-electron chi connectivity index (χ4n) is 4.23. The van der Waals surface area contributed by atoms with Crippen molar-refractivity contribution in [3.8, 4) is 23.3 Å². The van der Waals surface area contributed by atoms with Gasteiger partial charge in [-0.25, -0.2) is 0 Å². The highest BCUT2D eigenvalue weighted by Gasteiger charge is 2.35. The molecule has 0 fully saturated rings. The molecule has 5 rings (SSSR count). The Labute approximate surface area is 184 Å². The number of pyridine rings is 1. The zero-order valence-corrected chi connectivity index (χ0v) is 17.3. The van der Waals surface area contributed by atoms with Crippen LogP contribution in [0, 0.1) is 11.3 Å². The van der Waals surface area contributed by atoms with Crippen LogP contribution in [0.15, 0.2) is 95.1 Å². The van der Waals surface area contributed by atoms with Crippen molar-refractivity contribution in [1.29, 1.82) is 5.26 Å². The number of nitrogens with zero attached hydrogens (tertiary/aromatic N) is 2. The number of ether oxygens (including phenoxy) is 2. The Morgan fingerprint density at radius 2 is 1.69 bits per heavy atom. The molecule has 156 valence electrons. The molecule has 0 radical (unpaired) electrons. The number of hydrogen-bond donors (Lipinski definition) is 1. The van der Waals surface area contributed by atoms with Crippen molar-refractivity contribution in [1.82, 2.24) is 4.57 Å². The van der Waals surface area contributed by atoms with Crippen LogP contribution in [-0.2, 0) is 0 Å². The van der Waals surface area contributed by atoms with Gasteiger partial charge in [-0.05, 0) is 42.0 Å². The second-order valence-electron chi connectivity index (χ2n) is 7.43. The average molecular weight is 421 g/mol. The van der Waals surface area contributed by atoms with Crippen LogP contribution in [0.25, 0.3) is 16.6 Å². The normalized spacial score (nSPS) is 15.1.